The Bertz CT molecular complexity index is 1400. The van der Waals surface area contributed by atoms with Crippen molar-refractivity contribution in [2.24, 2.45) is 5.73 Å². The zero-order valence-electron chi connectivity index (χ0n) is 19.8. The first kappa shape index (κ1) is 29.1. The standard InChI is InChI=1S/C21H16B2F6N4O6/c22-20(23,36)39-14-7-11(38-21(27,28)29)1-2-13(14)37-15-5-9(19(24,25)26)8-32-16(15)18(35)33-10-3-4-31-12(6-10)17(30)34/h1-8,36H,22-23H2,(H2,30,34)(H,31,33,35). The molecule has 0 atom stereocenters. The maximum Gasteiger partial charge on any atom is 0.573 e. The number of benzene rings is 1. The average molecular weight is 556 g/mol. The molecule has 0 unspecified atom stereocenters. The Morgan fingerprint density at radius 3 is 2.21 bits per heavy atom. The molecule has 3 rings (SSSR count). The minimum atomic E-state index is -5.09. The number of hydrogen-bond donors (Lipinski definition) is 3. The summed E-state index contributed by atoms with van der Waals surface area (Å²) >= 11 is 0. The topological polar surface area (TPSA) is 146 Å². The number of carbonyl (C=O) groups excluding carboxylic acids is 2. The Balaban J connectivity index is 2.06. The molecule has 1 aromatic carbocycles. The lowest BCUT2D eigenvalue weighted by Crippen LogP contribution is -2.36. The number of ether oxygens (including phenoxy) is 3. The van der Waals surface area contributed by atoms with E-state index in [0.29, 0.717) is 18.3 Å². The Labute approximate surface area is 216 Å². The number of alkyl halides is 6. The van der Waals surface area contributed by atoms with Gasteiger partial charge < -0.3 is 30.4 Å². The van der Waals surface area contributed by atoms with Crippen LogP contribution in [0.4, 0.5) is 32.0 Å². The van der Waals surface area contributed by atoms with Crippen LogP contribution in [0.25, 0.3) is 0 Å². The Kier molecular flexibility index (Phi) is 8.00. The number of nitrogens with two attached hydrogens (primary N) is 1. The van der Waals surface area contributed by atoms with Crippen molar-refractivity contribution in [3.8, 4) is 23.0 Å². The number of rotatable bonds is 8. The second kappa shape index (κ2) is 10.7. The lowest BCUT2D eigenvalue weighted by Gasteiger charge is -2.23. The summed E-state index contributed by atoms with van der Waals surface area (Å²) in [6, 6.07) is 5.07. The van der Waals surface area contributed by atoms with Gasteiger partial charge >= 0.3 is 12.5 Å². The number of anilines is 1. The number of primary amides is 1. The zero-order chi connectivity index (χ0) is 29.2. The fourth-order valence-corrected chi connectivity index (χ4v) is 2.92. The highest BCUT2D eigenvalue weighted by Gasteiger charge is 2.34. The number of aromatic nitrogens is 2. The molecule has 0 spiro atoms. The molecule has 2 amide bonds. The molecule has 0 saturated heterocycles. The minimum Gasteiger partial charge on any atom is -0.476 e. The van der Waals surface area contributed by atoms with E-state index in [1.54, 1.807) is 0 Å². The van der Waals surface area contributed by atoms with Crippen molar-refractivity contribution in [2.45, 2.75) is 18.1 Å². The second-order valence-corrected chi connectivity index (χ2v) is 8.12. The summed E-state index contributed by atoms with van der Waals surface area (Å²) in [6.07, 6.45) is -8.51. The van der Waals surface area contributed by atoms with E-state index in [-0.39, 0.29) is 11.4 Å². The first-order chi connectivity index (χ1) is 17.9. The van der Waals surface area contributed by atoms with E-state index in [1.165, 1.54) is 6.07 Å². The molecule has 2 aromatic heterocycles. The molecule has 3 aromatic rings. The van der Waals surface area contributed by atoms with Crippen molar-refractivity contribution >= 4 is 33.2 Å². The Morgan fingerprint density at radius 1 is 0.923 bits per heavy atom. The van der Waals surface area contributed by atoms with Gasteiger partial charge in [0.25, 0.3) is 11.8 Å². The molecule has 2 heterocycles. The van der Waals surface area contributed by atoms with Crippen LogP contribution in [0.15, 0.2) is 48.8 Å². The van der Waals surface area contributed by atoms with Gasteiger partial charge in [-0.25, -0.2) is 4.98 Å². The molecular formula is C21H16B2F6N4O6. The van der Waals surface area contributed by atoms with Crippen LogP contribution in [0, 0.1) is 0 Å². The van der Waals surface area contributed by atoms with Crippen LogP contribution >= 0.6 is 0 Å². The number of nitrogens with zero attached hydrogens (tertiary/aromatic N) is 2. The van der Waals surface area contributed by atoms with Crippen LogP contribution in [-0.2, 0) is 6.18 Å². The first-order valence-electron chi connectivity index (χ1n) is 10.5. The van der Waals surface area contributed by atoms with Crippen LogP contribution in [0.1, 0.15) is 26.5 Å². The smallest absolute Gasteiger partial charge is 0.476 e. The first-order valence-corrected chi connectivity index (χ1v) is 10.5. The minimum absolute atomic E-state index is 0.0175. The van der Waals surface area contributed by atoms with Crippen LogP contribution < -0.4 is 25.3 Å². The molecule has 18 heteroatoms. The van der Waals surface area contributed by atoms with Crippen molar-refractivity contribution in [3.63, 3.8) is 0 Å². The summed E-state index contributed by atoms with van der Waals surface area (Å²) in [6.45, 7) is 0. The molecule has 0 fully saturated rings. The summed E-state index contributed by atoms with van der Waals surface area (Å²) in [5.41, 5.74) is 0.902. The van der Waals surface area contributed by atoms with Crippen LogP contribution in [0.2, 0.25) is 0 Å². The van der Waals surface area contributed by atoms with Crippen LogP contribution in [-0.4, -0.2) is 54.5 Å². The fourth-order valence-electron chi connectivity index (χ4n) is 2.92. The van der Waals surface area contributed by atoms with Gasteiger partial charge in [0.05, 0.1) is 5.56 Å². The van der Waals surface area contributed by atoms with E-state index in [9.17, 15) is 41.0 Å². The number of pyridine rings is 2. The van der Waals surface area contributed by atoms with Crippen molar-refractivity contribution < 1.29 is 55.2 Å². The number of hydrogen-bond acceptors (Lipinski definition) is 8. The monoisotopic (exact) mass is 556 g/mol. The molecular weight excluding hydrogens is 540 g/mol. The predicted octanol–water partition coefficient (Wildman–Crippen LogP) is 1.79. The van der Waals surface area contributed by atoms with Crippen molar-refractivity contribution in [1.29, 1.82) is 0 Å². The lowest BCUT2D eigenvalue weighted by atomic mass is 9.76. The van der Waals surface area contributed by atoms with E-state index < -0.39 is 64.2 Å². The molecule has 0 aliphatic heterocycles. The van der Waals surface area contributed by atoms with Crippen LogP contribution in [0.5, 0.6) is 23.0 Å². The van der Waals surface area contributed by atoms with Gasteiger partial charge in [0, 0.05) is 24.1 Å². The predicted molar refractivity (Wildman–Crippen MR) is 126 cm³/mol. The van der Waals surface area contributed by atoms with Crippen molar-refractivity contribution in [2.75, 3.05) is 5.32 Å². The van der Waals surface area contributed by atoms with E-state index in [4.69, 9.17) is 15.2 Å². The zero-order valence-corrected chi connectivity index (χ0v) is 19.8. The van der Waals surface area contributed by atoms with Crippen LogP contribution in [0.3, 0.4) is 0 Å². The fraction of sp³-hybridized carbons (Fsp3) is 0.143. The Morgan fingerprint density at radius 2 is 1.62 bits per heavy atom. The van der Waals surface area contributed by atoms with Gasteiger partial charge in [-0.15, -0.1) is 13.2 Å². The normalized spacial score (nSPS) is 12.0. The quantitative estimate of drug-likeness (QED) is 0.217. The molecule has 0 aliphatic rings. The molecule has 0 radical (unpaired) electrons. The second-order valence-electron chi connectivity index (χ2n) is 8.12. The van der Waals surface area contributed by atoms with Gasteiger partial charge in [0.15, 0.2) is 38.6 Å². The van der Waals surface area contributed by atoms with E-state index in [0.717, 1.165) is 40.1 Å². The highest BCUT2D eigenvalue weighted by molar-refractivity contribution is 6.37. The molecule has 0 saturated carbocycles. The average Bonchev–Trinajstić information content (AvgIpc) is 2.78. The van der Waals surface area contributed by atoms with Crippen molar-refractivity contribution in [1.82, 2.24) is 9.97 Å². The third-order valence-corrected chi connectivity index (χ3v) is 4.39. The molecule has 4 N–H and O–H groups in total. The van der Waals surface area contributed by atoms with E-state index >= 15 is 0 Å². The van der Waals surface area contributed by atoms with Crippen molar-refractivity contribution in [3.05, 3.63) is 65.7 Å². The number of aliphatic hydroxyl groups is 1. The highest BCUT2D eigenvalue weighted by Crippen LogP contribution is 2.40. The summed E-state index contributed by atoms with van der Waals surface area (Å²) in [5.74, 6) is -4.66. The van der Waals surface area contributed by atoms with Gasteiger partial charge in [0.2, 0.25) is 0 Å². The molecule has 10 nitrogen and oxygen atoms in total. The molecule has 0 bridgehead atoms. The molecule has 204 valence electrons. The van der Waals surface area contributed by atoms with E-state index in [2.05, 4.69) is 20.0 Å². The van der Waals surface area contributed by atoms with Gasteiger partial charge in [-0.05, 0) is 30.3 Å². The Hall–Kier alpha value is -4.47. The highest BCUT2D eigenvalue weighted by atomic mass is 19.4. The number of carbonyl (C=O) groups is 2. The number of halogens is 6. The number of nitrogens with one attached hydrogen (secondary N) is 1. The maximum absolute atomic E-state index is 13.4. The lowest BCUT2D eigenvalue weighted by molar-refractivity contribution is -0.274. The summed E-state index contributed by atoms with van der Waals surface area (Å²) in [4.78, 5) is 31.5. The molecule has 39 heavy (non-hydrogen) atoms. The summed E-state index contributed by atoms with van der Waals surface area (Å²) < 4.78 is 92.6. The van der Waals surface area contributed by atoms with Gasteiger partial charge in [-0.3, -0.25) is 14.6 Å². The third-order valence-electron chi connectivity index (χ3n) is 4.39. The van der Waals surface area contributed by atoms with E-state index in [1.807, 2.05) is 0 Å². The van der Waals surface area contributed by atoms with Gasteiger partial charge in [-0.1, -0.05) is 0 Å². The maximum atomic E-state index is 13.4. The third kappa shape index (κ3) is 8.26. The summed E-state index contributed by atoms with van der Waals surface area (Å²) in [5, 5.41) is 12.3. The molecule has 0 aliphatic carbocycles. The SMILES string of the molecule is BC(B)(O)Oc1cc(OC(F)(F)F)ccc1Oc1cc(C(F)(F)F)cnc1C(=O)Nc1ccnc(C(N)=O)c1. The van der Waals surface area contributed by atoms with Gasteiger partial charge in [-0.2, -0.15) is 13.2 Å². The largest absolute Gasteiger partial charge is 0.573 e. The number of amides is 2. The van der Waals surface area contributed by atoms with Gasteiger partial charge in [0.1, 0.15) is 17.0 Å². The summed E-state index contributed by atoms with van der Waals surface area (Å²) in [7, 11) is 2.24.